The first-order valence-corrected chi connectivity index (χ1v) is 6.10. The molecule has 0 saturated heterocycles. The van der Waals surface area contributed by atoms with Crippen molar-refractivity contribution in [2.24, 2.45) is 0 Å². The van der Waals surface area contributed by atoms with E-state index in [0.717, 1.165) is 23.5 Å². The number of alkyl halides is 1. The molecule has 1 N–H and O–H groups in total. The molecule has 0 radical (unpaired) electrons. The zero-order valence-electron chi connectivity index (χ0n) is 8.78. The third kappa shape index (κ3) is 2.80. The lowest BCUT2D eigenvalue weighted by molar-refractivity contribution is -0.113. The second-order valence-electron chi connectivity index (χ2n) is 3.22. The molecule has 94 valence electrons. The lowest BCUT2D eigenvalue weighted by atomic mass is 10.2. The van der Waals surface area contributed by atoms with Gasteiger partial charge in [0.2, 0.25) is 11.0 Å². The Morgan fingerprint density at radius 3 is 2.83 bits per heavy atom. The van der Waals surface area contributed by atoms with Crippen molar-refractivity contribution in [3.8, 4) is 10.6 Å². The molecular formula is C10H6ClF2N3OS. The number of hydrogen-bond donors (Lipinski definition) is 1. The van der Waals surface area contributed by atoms with E-state index in [1.165, 1.54) is 6.07 Å². The highest BCUT2D eigenvalue weighted by Gasteiger charge is 2.13. The fourth-order valence-electron chi connectivity index (χ4n) is 1.20. The van der Waals surface area contributed by atoms with Crippen LogP contribution in [0, 0.1) is 11.6 Å². The SMILES string of the molecule is O=C(CCl)Nc1nnc(-c2ccc(F)cc2F)s1. The number of aromatic nitrogens is 2. The van der Waals surface area contributed by atoms with Crippen LogP contribution in [0.1, 0.15) is 0 Å². The number of benzene rings is 1. The number of carbonyl (C=O) groups excluding carboxylic acids is 1. The van der Waals surface area contributed by atoms with Gasteiger partial charge in [0, 0.05) is 11.6 Å². The number of nitrogens with zero attached hydrogens (tertiary/aromatic N) is 2. The molecule has 4 nitrogen and oxygen atoms in total. The van der Waals surface area contributed by atoms with Crippen molar-refractivity contribution < 1.29 is 13.6 Å². The molecule has 0 atom stereocenters. The monoisotopic (exact) mass is 289 g/mol. The maximum absolute atomic E-state index is 13.5. The van der Waals surface area contributed by atoms with Crippen molar-refractivity contribution in [1.82, 2.24) is 10.2 Å². The summed E-state index contributed by atoms with van der Waals surface area (Å²) < 4.78 is 26.2. The van der Waals surface area contributed by atoms with E-state index in [1.54, 1.807) is 0 Å². The van der Waals surface area contributed by atoms with Crippen LogP contribution in [0.3, 0.4) is 0 Å². The van der Waals surface area contributed by atoms with Gasteiger partial charge in [-0.25, -0.2) is 8.78 Å². The highest BCUT2D eigenvalue weighted by atomic mass is 35.5. The van der Waals surface area contributed by atoms with Gasteiger partial charge in [0.05, 0.1) is 0 Å². The van der Waals surface area contributed by atoms with Gasteiger partial charge in [-0.2, -0.15) is 0 Å². The summed E-state index contributed by atoms with van der Waals surface area (Å²) >= 11 is 6.29. The van der Waals surface area contributed by atoms with E-state index < -0.39 is 17.5 Å². The molecular weight excluding hydrogens is 284 g/mol. The smallest absolute Gasteiger partial charge is 0.241 e. The van der Waals surface area contributed by atoms with Crippen LogP contribution >= 0.6 is 22.9 Å². The molecule has 0 spiro atoms. The van der Waals surface area contributed by atoms with Gasteiger partial charge in [0.1, 0.15) is 17.5 Å². The van der Waals surface area contributed by atoms with Crippen LogP contribution in [0.2, 0.25) is 0 Å². The number of carbonyl (C=O) groups is 1. The highest BCUT2D eigenvalue weighted by Crippen LogP contribution is 2.28. The molecule has 0 aliphatic heterocycles. The number of hydrogen-bond acceptors (Lipinski definition) is 4. The van der Waals surface area contributed by atoms with Gasteiger partial charge in [-0.1, -0.05) is 11.3 Å². The topological polar surface area (TPSA) is 54.9 Å². The van der Waals surface area contributed by atoms with Gasteiger partial charge in [-0.3, -0.25) is 10.1 Å². The Labute approximate surface area is 110 Å². The fraction of sp³-hybridized carbons (Fsp3) is 0.100. The van der Waals surface area contributed by atoms with Gasteiger partial charge in [-0.05, 0) is 12.1 Å². The van der Waals surface area contributed by atoms with Crippen LogP contribution in [0.4, 0.5) is 13.9 Å². The summed E-state index contributed by atoms with van der Waals surface area (Å²) in [5.41, 5.74) is 0.125. The Balaban J connectivity index is 2.26. The second kappa shape index (κ2) is 5.36. The molecule has 1 amide bonds. The minimum absolute atomic E-state index is 0.125. The van der Waals surface area contributed by atoms with Crippen LogP contribution in [-0.2, 0) is 4.79 Å². The van der Waals surface area contributed by atoms with E-state index in [2.05, 4.69) is 15.5 Å². The van der Waals surface area contributed by atoms with Gasteiger partial charge >= 0.3 is 0 Å². The molecule has 0 bridgehead atoms. The van der Waals surface area contributed by atoms with Crippen molar-refractivity contribution in [2.45, 2.75) is 0 Å². The van der Waals surface area contributed by atoms with Gasteiger partial charge in [-0.15, -0.1) is 21.8 Å². The molecule has 1 aromatic heterocycles. The molecule has 18 heavy (non-hydrogen) atoms. The number of rotatable bonds is 3. The summed E-state index contributed by atoms with van der Waals surface area (Å²) in [6.07, 6.45) is 0. The summed E-state index contributed by atoms with van der Waals surface area (Å²) in [4.78, 5) is 11.0. The summed E-state index contributed by atoms with van der Waals surface area (Å²) in [6.45, 7) is 0. The Bertz CT molecular complexity index is 590. The van der Waals surface area contributed by atoms with Crippen molar-refractivity contribution in [2.75, 3.05) is 11.2 Å². The average Bonchev–Trinajstić information content (AvgIpc) is 2.77. The minimum atomic E-state index is -0.735. The molecule has 1 heterocycles. The van der Waals surface area contributed by atoms with E-state index >= 15 is 0 Å². The fourth-order valence-corrected chi connectivity index (χ4v) is 2.05. The van der Waals surface area contributed by atoms with Crippen molar-refractivity contribution >= 4 is 34.0 Å². The highest BCUT2D eigenvalue weighted by molar-refractivity contribution is 7.18. The van der Waals surface area contributed by atoms with Crippen molar-refractivity contribution in [1.29, 1.82) is 0 Å². The van der Waals surface area contributed by atoms with Crippen LogP contribution in [0.25, 0.3) is 10.6 Å². The maximum atomic E-state index is 13.5. The van der Waals surface area contributed by atoms with Crippen molar-refractivity contribution in [3.63, 3.8) is 0 Å². The van der Waals surface area contributed by atoms with E-state index in [1.807, 2.05) is 0 Å². The lowest BCUT2D eigenvalue weighted by Crippen LogP contribution is -2.12. The summed E-state index contributed by atoms with van der Waals surface area (Å²) in [6, 6.07) is 3.14. The number of nitrogens with one attached hydrogen (secondary N) is 1. The maximum Gasteiger partial charge on any atom is 0.241 e. The molecule has 0 aliphatic carbocycles. The van der Waals surface area contributed by atoms with Gasteiger partial charge in [0.25, 0.3) is 0 Å². The van der Waals surface area contributed by atoms with Gasteiger partial charge < -0.3 is 0 Å². The Morgan fingerprint density at radius 1 is 1.39 bits per heavy atom. The quantitative estimate of drug-likeness (QED) is 0.884. The van der Waals surface area contributed by atoms with E-state index in [4.69, 9.17) is 11.6 Å². The predicted molar refractivity (Wildman–Crippen MR) is 64.6 cm³/mol. The molecule has 2 aromatic rings. The van der Waals surface area contributed by atoms with Crippen LogP contribution in [0.5, 0.6) is 0 Å². The molecule has 0 saturated carbocycles. The summed E-state index contributed by atoms with van der Waals surface area (Å²) in [7, 11) is 0. The Hall–Kier alpha value is -1.60. The van der Waals surface area contributed by atoms with Crippen LogP contribution in [0.15, 0.2) is 18.2 Å². The second-order valence-corrected chi connectivity index (χ2v) is 4.46. The number of anilines is 1. The zero-order chi connectivity index (χ0) is 13.1. The summed E-state index contributed by atoms with van der Waals surface area (Å²) in [5.74, 6) is -2.04. The van der Waals surface area contributed by atoms with E-state index in [0.29, 0.717) is 0 Å². The normalized spacial score (nSPS) is 10.4. The predicted octanol–water partition coefficient (Wildman–Crippen LogP) is 2.66. The number of halogens is 3. The first-order valence-electron chi connectivity index (χ1n) is 4.75. The molecule has 2 rings (SSSR count). The first-order chi connectivity index (χ1) is 8.60. The third-order valence-corrected chi connectivity index (χ3v) is 3.07. The van der Waals surface area contributed by atoms with Crippen LogP contribution in [-0.4, -0.2) is 22.0 Å². The van der Waals surface area contributed by atoms with Gasteiger partial charge in [0.15, 0.2) is 5.01 Å². The average molecular weight is 290 g/mol. The molecule has 0 unspecified atom stereocenters. The molecule has 0 aliphatic rings. The van der Waals surface area contributed by atoms with Crippen molar-refractivity contribution in [3.05, 3.63) is 29.8 Å². The lowest BCUT2D eigenvalue weighted by Gasteiger charge is -1.97. The largest absolute Gasteiger partial charge is 0.299 e. The molecule has 1 aromatic carbocycles. The Morgan fingerprint density at radius 2 is 2.17 bits per heavy atom. The Kier molecular flexibility index (Phi) is 3.83. The summed E-state index contributed by atoms with van der Waals surface area (Å²) in [5, 5.41) is 10.2. The number of amides is 1. The first kappa shape index (κ1) is 12.8. The van der Waals surface area contributed by atoms with E-state index in [-0.39, 0.29) is 21.6 Å². The third-order valence-electron chi connectivity index (χ3n) is 1.95. The molecule has 8 heteroatoms. The van der Waals surface area contributed by atoms with Crippen LogP contribution < -0.4 is 5.32 Å². The standard InChI is InChI=1S/C10H6ClF2N3OS/c11-4-8(17)14-10-16-15-9(18-10)6-2-1-5(12)3-7(6)13/h1-3H,4H2,(H,14,16,17). The zero-order valence-corrected chi connectivity index (χ0v) is 10.4. The minimum Gasteiger partial charge on any atom is -0.299 e. The molecule has 0 fully saturated rings. The van der Waals surface area contributed by atoms with E-state index in [9.17, 15) is 13.6 Å².